The topological polar surface area (TPSA) is 64.6 Å². The molecule has 128 valence electrons. The lowest BCUT2D eigenvalue weighted by Gasteiger charge is -2.08. The van der Waals surface area contributed by atoms with Crippen molar-refractivity contribution < 1.29 is 27.8 Å². The smallest absolute Gasteiger partial charge is 0.387 e. The van der Waals surface area contributed by atoms with E-state index >= 15 is 0 Å². The lowest BCUT2D eigenvalue weighted by atomic mass is 10.2. The zero-order chi connectivity index (χ0) is 17.7. The van der Waals surface area contributed by atoms with Gasteiger partial charge >= 0.3 is 12.6 Å². The average molecular weight is 355 g/mol. The predicted octanol–water partition coefficient (Wildman–Crippen LogP) is 3.76. The molecule has 0 aliphatic heterocycles. The lowest BCUT2D eigenvalue weighted by Crippen LogP contribution is -2.21. The van der Waals surface area contributed by atoms with Crippen LogP contribution in [0.25, 0.3) is 0 Å². The molecule has 0 atom stereocenters. The first-order valence-electron chi connectivity index (χ1n) is 6.94. The Morgan fingerprint density at radius 3 is 2.42 bits per heavy atom. The van der Waals surface area contributed by atoms with Crippen molar-refractivity contribution in [2.75, 3.05) is 11.9 Å². The van der Waals surface area contributed by atoms with E-state index in [1.54, 1.807) is 13.0 Å². The second-order valence-corrected chi connectivity index (χ2v) is 6.31. The molecule has 0 radical (unpaired) electrons. The number of carbonyl (C=O) groups excluding carboxylic acids is 2. The fraction of sp³-hybridized carbons (Fsp3) is 0.250. The van der Waals surface area contributed by atoms with Gasteiger partial charge in [0, 0.05) is 15.4 Å². The number of rotatable bonds is 6. The van der Waals surface area contributed by atoms with E-state index in [1.165, 1.54) is 35.6 Å². The molecule has 8 heteroatoms. The van der Waals surface area contributed by atoms with E-state index in [4.69, 9.17) is 4.74 Å². The summed E-state index contributed by atoms with van der Waals surface area (Å²) in [6.45, 7) is 0.330. The first-order valence-corrected chi connectivity index (χ1v) is 7.75. The van der Waals surface area contributed by atoms with Gasteiger partial charge in [-0.2, -0.15) is 8.78 Å². The molecule has 2 aromatic rings. The number of thiophene rings is 1. The van der Waals surface area contributed by atoms with Gasteiger partial charge in [0.15, 0.2) is 6.61 Å². The highest BCUT2D eigenvalue weighted by molar-refractivity contribution is 7.12. The number of esters is 1. The van der Waals surface area contributed by atoms with Gasteiger partial charge < -0.3 is 14.8 Å². The number of nitrogens with one attached hydrogen (secondary N) is 1. The van der Waals surface area contributed by atoms with E-state index in [9.17, 15) is 18.4 Å². The van der Waals surface area contributed by atoms with Gasteiger partial charge in [-0.15, -0.1) is 11.3 Å². The highest BCUT2D eigenvalue weighted by Crippen LogP contribution is 2.21. The van der Waals surface area contributed by atoms with Gasteiger partial charge in [0.1, 0.15) is 5.75 Å². The molecule has 1 amide bonds. The summed E-state index contributed by atoms with van der Waals surface area (Å²) in [7, 11) is 0. The van der Waals surface area contributed by atoms with E-state index in [1.807, 2.05) is 6.92 Å². The maximum absolute atomic E-state index is 12.0. The van der Waals surface area contributed by atoms with Crippen molar-refractivity contribution in [1.82, 2.24) is 0 Å². The minimum absolute atomic E-state index is 0.0160. The predicted molar refractivity (Wildman–Crippen MR) is 85.8 cm³/mol. The third kappa shape index (κ3) is 5.02. The summed E-state index contributed by atoms with van der Waals surface area (Å²) in [4.78, 5) is 25.5. The minimum atomic E-state index is -2.91. The van der Waals surface area contributed by atoms with Crippen molar-refractivity contribution in [2.24, 2.45) is 0 Å². The molecule has 1 N–H and O–H groups in total. The van der Waals surface area contributed by atoms with Crippen LogP contribution in [0.5, 0.6) is 5.75 Å². The molecule has 1 aromatic heterocycles. The number of ether oxygens (including phenoxy) is 2. The number of benzene rings is 1. The van der Waals surface area contributed by atoms with Crippen LogP contribution in [0, 0.1) is 13.8 Å². The quantitative estimate of drug-likeness (QED) is 0.802. The number of hydrogen-bond donors (Lipinski definition) is 1. The number of anilines is 1. The minimum Gasteiger partial charge on any atom is -0.452 e. The molecule has 5 nitrogen and oxygen atoms in total. The lowest BCUT2D eigenvalue weighted by molar-refractivity contribution is -0.119. The van der Waals surface area contributed by atoms with Gasteiger partial charge in [0.2, 0.25) is 0 Å². The maximum Gasteiger partial charge on any atom is 0.387 e. The van der Waals surface area contributed by atoms with Gasteiger partial charge in [0.25, 0.3) is 5.91 Å². The Hall–Kier alpha value is -2.48. The van der Waals surface area contributed by atoms with Gasteiger partial charge in [-0.1, -0.05) is 0 Å². The largest absolute Gasteiger partial charge is 0.452 e. The number of halogens is 2. The Kier molecular flexibility index (Phi) is 5.86. The van der Waals surface area contributed by atoms with Crippen molar-refractivity contribution >= 4 is 28.9 Å². The van der Waals surface area contributed by atoms with Crippen LogP contribution in [-0.2, 0) is 9.53 Å². The van der Waals surface area contributed by atoms with Crippen LogP contribution in [0.2, 0.25) is 0 Å². The molecule has 0 saturated carbocycles. The Balaban J connectivity index is 1.85. The van der Waals surface area contributed by atoms with Crippen LogP contribution < -0.4 is 10.1 Å². The second-order valence-electron chi connectivity index (χ2n) is 4.85. The number of carbonyl (C=O) groups is 2. The highest BCUT2D eigenvalue weighted by Gasteiger charge is 2.15. The summed E-state index contributed by atoms with van der Waals surface area (Å²) in [5, 5.41) is 2.49. The van der Waals surface area contributed by atoms with Crippen molar-refractivity contribution in [3.05, 3.63) is 45.6 Å². The summed E-state index contributed by atoms with van der Waals surface area (Å²) in [6, 6.07) is 7.12. The number of aryl methyl sites for hydroxylation is 2. The average Bonchev–Trinajstić information content (AvgIpc) is 2.85. The van der Waals surface area contributed by atoms with E-state index in [-0.39, 0.29) is 5.75 Å². The van der Waals surface area contributed by atoms with E-state index in [0.717, 1.165) is 9.75 Å². The first kappa shape index (κ1) is 17.9. The molecular formula is C16H15F2NO4S. The number of hydrogen-bond acceptors (Lipinski definition) is 5. The molecule has 0 spiro atoms. The van der Waals surface area contributed by atoms with E-state index in [2.05, 4.69) is 10.1 Å². The standard InChI is InChI=1S/C16H15F2NO4S/c1-9-7-13(10(2)24-9)15(21)22-8-14(20)19-11-3-5-12(6-4-11)23-16(17)18/h3-7,16H,8H2,1-2H3,(H,19,20). The third-order valence-corrected chi connectivity index (χ3v) is 3.92. The fourth-order valence-corrected chi connectivity index (χ4v) is 2.87. The zero-order valence-electron chi connectivity index (χ0n) is 13.0. The molecule has 0 bridgehead atoms. The molecule has 24 heavy (non-hydrogen) atoms. The van der Waals surface area contributed by atoms with Crippen LogP contribution in [0.15, 0.2) is 30.3 Å². The van der Waals surface area contributed by atoms with Crippen LogP contribution in [0.3, 0.4) is 0 Å². The summed E-state index contributed by atoms with van der Waals surface area (Å²) >= 11 is 1.47. The zero-order valence-corrected chi connectivity index (χ0v) is 13.8. The molecule has 2 rings (SSSR count). The summed E-state index contributed by atoms with van der Waals surface area (Å²) in [5.74, 6) is -1.11. The molecule has 1 aromatic carbocycles. The normalized spacial score (nSPS) is 10.5. The van der Waals surface area contributed by atoms with Gasteiger partial charge in [-0.25, -0.2) is 4.79 Å². The van der Waals surface area contributed by atoms with Gasteiger partial charge in [0.05, 0.1) is 5.56 Å². The summed E-state index contributed by atoms with van der Waals surface area (Å²) < 4.78 is 33.2. The maximum atomic E-state index is 12.0. The fourth-order valence-electron chi connectivity index (χ4n) is 1.96. The Labute approximate surface area is 141 Å². The van der Waals surface area contributed by atoms with Crippen molar-refractivity contribution in [3.8, 4) is 5.75 Å². The van der Waals surface area contributed by atoms with E-state index < -0.39 is 25.1 Å². The van der Waals surface area contributed by atoms with Crippen LogP contribution >= 0.6 is 11.3 Å². The SMILES string of the molecule is Cc1cc(C(=O)OCC(=O)Nc2ccc(OC(F)F)cc2)c(C)s1. The molecular weight excluding hydrogens is 340 g/mol. The van der Waals surface area contributed by atoms with Crippen LogP contribution in [0.4, 0.5) is 14.5 Å². The number of alkyl halides is 2. The molecule has 0 saturated heterocycles. The second kappa shape index (κ2) is 7.87. The summed E-state index contributed by atoms with van der Waals surface area (Å²) in [6.07, 6.45) is 0. The first-order chi connectivity index (χ1) is 11.3. The Bertz CT molecular complexity index is 728. The van der Waals surface area contributed by atoms with Crippen molar-refractivity contribution in [2.45, 2.75) is 20.5 Å². The van der Waals surface area contributed by atoms with Crippen LogP contribution in [0.1, 0.15) is 20.1 Å². The van der Waals surface area contributed by atoms with Crippen LogP contribution in [-0.4, -0.2) is 25.1 Å². The Morgan fingerprint density at radius 2 is 1.88 bits per heavy atom. The molecule has 0 unspecified atom stereocenters. The van der Waals surface area contributed by atoms with Gasteiger partial charge in [-0.3, -0.25) is 4.79 Å². The highest BCUT2D eigenvalue weighted by atomic mass is 32.1. The van der Waals surface area contributed by atoms with Crippen molar-refractivity contribution in [1.29, 1.82) is 0 Å². The Morgan fingerprint density at radius 1 is 1.21 bits per heavy atom. The molecule has 0 fully saturated rings. The van der Waals surface area contributed by atoms with E-state index in [0.29, 0.717) is 11.3 Å². The molecule has 0 aliphatic rings. The molecule has 0 aliphatic carbocycles. The monoisotopic (exact) mass is 355 g/mol. The number of amides is 1. The third-order valence-electron chi connectivity index (χ3n) is 2.96. The van der Waals surface area contributed by atoms with Gasteiger partial charge in [-0.05, 0) is 44.2 Å². The molecule has 1 heterocycles. The van der Waals surface area contributed by atoms with Crippen molar-refractivity contribution in [3.63, 3.8) is 0 Å². The summed E-state index contributed by atoms with van der Waals surface area (Å²) in [5.41, 5.74) is 0.819.